The lowest BCUT2D eigenvalue weighted by atomic mass is 10.0. The topological polar surface area (TPSA) is 12.0 Å². The SMILES string of the molecule is CCCNC(c1ccc(Br)c(C)c1)c1sc(C)cc1Br. The van der Waals surface area contributed by atoms with Gasteiger partial charge in [0.1, 0.15) is 0 Å². The van der Waals surface area contributed by atoms with Crippen LogP contribution in [0.3, 0.4) is 0 Å². The van der Waals surface area contributed by atoms with Gasteiger partial charge in [0.2, 0.25) is 0 Å². The van der Waals surface area contributed by atoms with Gasteiger partial charge in [0.05, 0.1) is 6.04 Å². The number of nitrogens with one attached hydrogen (secondary N) is 1. The summed E-state index contributed by atoms with van der Waals surface area (Å²) >= 11 is 9.14. The van der Waals surface area contributed by atoms with Crippen LogP contribution in [0.5, 0.6) is 0 Å². The maximum absolute atomic E-state index is 3.70. The van der Waals surface area contributed by atoms with E-state index >= 15 is 0 Å². The second-order valence-corrected chi connectivity index (χ2v) is 7.96. The van der Waals surface area contributed by atoms with Gasteiger partial charge in [0, 0.05) is 18.7 Å². The molecule has 1 aromatic heterocycles. The van der Waals surface area contributed by atoms with Crippen molar-refractivity contribution in [1.29, 1.82) is 0 Å². The fourth-order valence-corrected chi connectivity index (χ4v) is 4.43. The predicted molar refractivity (Wildman–Crippen MR) is 95.8 cm³/mol. The maximum Gasteiger partial charge on any atom is 0.0682 e. The summed E-state index contributed by atoms with van der Waals surface area (Å²) in [6, 6.07) is 9.06. The quantitative estimate of drug-likeness (QED) is 0.632. The smallest absolute Gasteiger partial charge is 0.0682 e. The average Bonchev–Trinajstić information content (AvgIpc) is 2.73. The summed E-state index contributed by atoms with van der Waals surface area (Å²) < 4.78 is 2.37. The molecule has 1 aromatic carbocycles. The number of hydrogen-bond donors (Lipinski definition) is 1. The van der Waals surface area contributed by atoms with Gasteiger partial charge in [-0.3, -0.25) is 0 Å². The van der Waals surface area contributed by atoms with Crippen molar-refractivity contribution < 1.29 is 0 Å². The minimum Gasteiger partial charge on any atom is -0.306 e. The Bertz CT molecular complexity index is 592. The van der Waals surface area contributed by atoms with E-state index in [1.54, 1.807) is 0 Å². The lowest BCUT2D eigenvalue weighted by Crippen LogP contribution is -2.22. The zero-order chi connectivity index (χ0) is 14.7. The van der Waals surface area contributed by atoms with Crippen LogP contribution in [0.4, 0.5) is 0 Å². The molecule has 0 amide bonds. The fraction of sp³-hybridized carbons (Fsp3) is 0.375. The van der Waals surface area contributed by atoms with Gasteiger partial charge in [-0.1, -0.05) is 35.0 Å². The highest BCUT2D eigenvalue weighted by Gasteiger charge is 2.19. The summed E-state index contributed by atoms with van der Waals surface area (Å²) in [7, 11) is 0. The zero-order valence-electron chi connectivity index (χ0n) is 12.0. The van der Waals surface area contributed by atoms with E-state index < -0.39 is 0 Å². The van der Waals surface area contributed by atoms with Crippen LogP contribution in [-0.4, -0.2) is 6.54 Å². The van der Waals surface area contributed by atoms with Gasteiger partial charge >= 0.3 is 0 Å². The molecule has 1 atom stereocenters. The number of aryl methyl sites for hydroxylation is 2. The lowest BCUT2D eigenvalue weighted by Gasteiger charge is -2.19. The Morgan fingerprint density at radius 1 is 1.15 bits per heavy atom. The van der Waals surface area contributed by atoms with E-state index in [0.717, 1.165) is 17.4 Å². The van der Waals surface area contributed by atoms with E-state index in [4.69, 9.17) is 0 Å². The molecule has 0 spiro atoms. The van der Waals surface area contributed by atoms with Gasteiger partial charge < -0.3 is 5.32 Å². The Morgan fingerprint density at radius 2 is 1.90 bits per heavy atom. The third-order valence-electron chi connectivity index (χ3n) is 3.21. The normalized spacial score (nSPS) is 12.7. The van der Waals surface area contributed by atoms with Gasteiger partial charge in [-0.2, -0.15) is 0 Å². The minimum atomic E-state index is 0.259. The van der Waals surface area contributed by atoms with Crippen LogP contribution in [0.1, 0.15) is 40.3 Å². The van der Waals surface area contributed by atoms with Crippen LogP contribution in [0.15, 0.2) is 33.2 Å². The molecule has 0 aliphatic carbocycles. The highest BCUT2D eigenvalue weighted by Crippen LogP contribution is 2.36. The molecule has 0 aliphatic heterocycles. The number of halogens is 2. The summed E-state index contributed by atoms with van der Waals surface area (Å²) in [6.45, 7) is 7.51. The molecular weight excluding hydrogens is 398 g/mol. The number of hydrogen-bond acceptors (Lipinski definition) is 2. The molecular formula is C16H19Br2NS. The first-order chi connectivity index (χ1) is 9.52. The summed E-state index contributed by atoms with van der Waals surface area (Å²) in [4.78, 5) is 2.70. The van der Waals surface area contributed by atoms with Gasteiger partial charge in [0.25, 0.3) is 0 Å². The van der Waals surface area contributed by atoms with Gasteiger partial charge in [-0.05, 0) is 66.0 Å². The summed E-state index contributed by atoms with van der Waals surface area (Å²) in [5, 5.41) is 3.67. The van der Waals surface area contributed by atoms with Crippen molar-refractivity contribution in [2.75, 3.05) is 6.54 Å². The van der Waals surface area contributed by atoms with Crippen LogP contribution in [0.25, 0.3) is 0 Å². The first kappa shape index (κ1) is 16.2. The molecule has 0 radical (unpaired) electrons. The minimum absolute atomic E-state index is 0.259. The molecule has 2 aromatic rings. The van der Waals surface area contributed by atoms with Crippen molar-refractivity contribution in [3.8, 4) is 0 Å². The van der Waals surface area contributed by atoms with Gasteiger partial charge in [0.15, 0.2) is 0 Å². The van der Waals surface area contributed by atoms with E-state index in [-0.39, 0.29) is 6.04 Å². The van der Waals surface area contributed by atoms with Gasteiger partial charge in [-0.15, -0.1) is 11.3 Å². The third kappa shape index (κ3) is 3.73. The first-order valence-corrected chi connectivity index (χ1v) is 9.18. The van der Waals surface area contributed by atoms with Crippen LogP contribution in [0, 0.1) is 13.8 Å². The number of benzene rings is 1. The molecule has 20 heavy (non-hydrogen) atoms. The average molecular weight is 417 g/mol. The summed E-state index contributed by atoms with van der Waals surface area (Å²) in [6.07, 6.45) is 1.13. The molecule has 1 unspecified atom stereocenters. The van der Waals surface area contributed by atoms with E-state index in [1.807, 2.05) is 11.3 Å². The molecule has 108 valence electrons. The molecule has 0 saturated heterocycles. The number of rotatable bonds is 5. The predicted octanol–water partition coefficient (Wildman–Crippen LogP) is 5.98. The fourth-order valence-electron chi connectivity index (χ4n) is 2.20. The molecule has 1 nitrogen and oxygen atoms in total. The van der Waals surface area contributed by atoms with Crippen molar-refractivity contribution in [2.24, 2.45) is 0 Å². The van der Waals surface area contributed by atoms with E-state index in [1.165, 1.54) is 25.4 Å². The monoisotopic (exact) mass is 415 g/mol. The van der Waals surface area contributed by atoms with Crippen LogP contribution >= 0.6 is 43.2 Å². The standard InChI is InChI=1S/C16H19Br2NS/c1-4-7-19-15(16-14(18)9-11(3)20-16)12-5-6-13(17)10(2)8-12/h5-6,8-9,15,19H,4,7H2,1-3H3. The van der Waals surface area contributed by atoms with Crippen molar-refractivity contribution in [1.82, 2.24) is 5.32 Å². The molecule has 0 saturated carbocycles. The third-order valence-corrected chi connectivity index (χ3v) is 6.14. The Labute approximate surface area is 142 Å². The summed E-state index contributed by atoms with van der Waals surface area (Å²) in [5.41, 5.74) is 2.59. The second-order valence-electron chi connectivity index (χ2n) is 4.96. The first-order valence-electron chi connectivity index (χ1n) is 6.78. The van der Waals surface area contributed by atoms with E-state index in [9.17, 15) is 0 Å². The van der Waals surface area contributed by atoms with Crippen molar-refractivity contribution >= 4 is 43.2 Å². The largest absolute Gasteiger partial charge is 0.306 e. The lowest BCUT2D eigenvalue weighted by molar-refractivity contribution is 0.604. The molecule has 0 fully saturated rings. The molecule has 4 heteroatoms. The Kier molecular flexibility index (Phi) is 5.84. The second kappa shape index (κ2) is 7.21. The van der Waals surface area contributed by atoms with Crippen molar-refractivity contribution in [2.45, 2.75) is 33.2 Å². The van der Waals surface area contributed by atoms with E-state index in [2.05, 4.69) is 82.2 Å². The Balaban J connectivity index is 2.41. The Morgan fingerprint density at radius 3 is 2.45 bits per heavy atom. The van der Waals surface area contributed by atoms with Gasteiger partial charge in [-0.25, -0.2) is 0 Å². The molecule has 0 aliphatic rings. The van der Waals surface area contributed by atoms with Crippen LogP contribution in [-0.2, 0) is 0 Å². The molecule has 0 bridgehead atoms. The van der Waals surface area contributed by atoms with E-state index in [0.29, 0.717) is 0 Å². The van der Waals surface area contributed by atoms with Crippen LogP contribution in [0.2, 0.25) is 0 Å². The molecule has 1 heterocycles. The molecule has 2 rings (SSSR count). The maximum atomic E-state index is 3.70. The highest BCUT2D eigenvalue weighted by molar-refractivity contribution is 9.10. The van der Waals surface area contributed by atoms with Crippen molar-refractivity contribution in [3.63, 3.8) is 0 Å². The molecule has 1 N–H and O–H groups in total. The Hall–Kier alpha value is -0.160. The van der Waals surface area contributed by atoms with Crippen LogP contribution < -0.4 is 5.32 Å². The van der Waals surface area contributed by atoms with Crippen molar-refractivity contribution in [3.05, 3.63) is 54.1 Å². The summed E-state index contributed by atoms with van der Waals surface area (Å²) in [5.74, 6) is 0. The zero-order valence-corrected chi connectivity index (χ0v) is 16.0. The highest BCUT2D eigenvalue weighted by atomic mass is 79.9. The number of thiophene rings is 1.